The van der Waals surface area contributed by atoms with Gasteiger partial charge in [0.15, 0.2) is 0 Å². The molecule has 0 saturated heterocycles. The fourth-order valence-corrected chi connectivity index (χ4v) is 0.765. The summed E-state index contributed by atoms with van der Waals surface area (Å²) >= 11 is 5.39. The fourth-order valence-electron chi connectivity index (χ4n) is 0.639. The first-order chi connectivity index (χ1) is 8.00. The van der Waals surface area contributed by atoms with Crippen molar-refractivity contribution in [2.75, 3.05) is 0 Å². The SMILES string of the molecule is C=O.C=O.C=O.FC(F)(F)c1ccc(Cl)cc1.[Cr]. The van der Waals surface area contributed by atoms with Gasteiger partial charge in [-0.1, -0.05) is 11.6 Å². The van der Waals surface area contributed by atoms with Crippen molar-refractivity contribution >= 4 is 32.0 Å². The van der Waals surface area contributed by atoms with Gasteiger partial charge in [-0.3, -0.25) is 0 Å². The van der Waals surface area contributed by atoms with Crippen molar-refractivity contribution in [1.82, 2.24) is 0 Å². The molecule has 18 heavy (non-hydrogen) atoms. The molecule has 0 aliphatic rings. The van der Waals surface area contributed by atoms with Gasteiger partial charge in [-0.15, -0.1) is 0 Å². The van der Waals surface area contributed by atoms with Gasteiger partial charge >= 0.3 is 6.18 Å². The summed E-state index contributed by atoms with van der Waals surface area (Å²) in [5.74, 6) is 0. The number of rotatable bonds is 0. The van der Waals surface area contributed by atoms with E-state index in [2.05, 4.69) is 0 Å². The van der Waals surface area contributed by atoms with Crippen LogP contribution in [0.1, 0.15) is 5.56 Å². The minimum absolute atomic E-state index is 0. The van der Waals surface area contributed by atoms with Crippen molar-refractivity contribution in [1.29, 1.82) is 0 Å². The smallest absolute Gasteiger partial charge is 0.307 e. The molecule has 0 spiro atoms. The van der Waals surface area contributed by atoms with Crippen LogP contribution in [-0.2, 0) is 37.9 Å². The molecule has 0 radical (unpaired) electrons. The van der Waals surface area contributed by atoms with Crippen LogP contribution < -0.4 is 0 Å². The van der Waals surface area contributed by atoms with Gasteiger partial charge in [-0.2, -0.15) is 13.2 Å². The van der Waals surface area contributed by atoms with Gasteiger partial charge in [0, 0.05) is 22.4 Å². The van der Waals surface area contributed by atoms with Crippen molar-refractivity contribution in [2.45, 2.75) is 6.18 Å². The first kappa shape index (κ1) is 25.6. The molecule has 0 bridgehead atoms. The second kappa shape index (κ2) is 15.8. The molecule has 0 aliphatic carbocycles. The average Bonchev–Trinajstić information content (AvgIpc) is 2.36. The van der Waals surface area contributed by atoms with Crippen LogP contribution in [0.4, 0.5) is 13.2 Å². The minimum Gasteiger partial charge on any atom is -0.307 e. The van der Waals surface area contributed by atoms with Crippen molar-refractivity contribution in [2.24, 2.45) is 0 Å². The van der Waals surface area contributed by atoms with Crippen LogP contribution in [0.5, 0.6) is 0 Å². The molecule has 0 unspecified atom stereocenters. The van der Waals surface area contributed by atoms with Gasteiger partial charge in [0.25, 0.3) is 0 Å². The van der Waals surface area contributed by atoms with Crippen LogP contribution in [0.2, 0.25) is 5.02 Å². The molecule has 0 atom stereocenters. The Morgan fingerprint density at radius 2 is 1.11 bits per heavy atom. The van der Waals surface area contributed by atoms with E-state index in [1.54, 1.807) is 0 Å². The first-order valence-corrected chi connectivity index (χ1v) is 4.07. The van der Waals surface area contributed by atoms with Crippen LogP contribution in [0.15, 0.2) is 24.3 Å². The molecule has 0 N–H and O–H groups in total. The molecule has 0 aromatic heterocycles. The number of halogens is 4. The van der Waals surface area contributed by atoms with Gasteiger partial charge in [-0.25, -0.2) is 0 Å². The fraction of sp³-hybridized carbons (Fsp3) is 0.100. The third kappa shape index (κ3) is 12.9. The molecule has 0 saturated carbocycles. The number of carbonyl (C=O) groups excluding carboxylic acids is 3. The predicted octanol–water partition coefficient (Wildman–Crippen LogP) is 2.80. The quantitative estimate of drug-likeness (QED) is 0.738. The van der Waals surface area contributed by atoms with E-state index in [0.717, 1.165) is 12.1 Å². The molecule has 0 heterocycles. The Bertz CT molecular complexity index is 289. The van der Waals surface area contributed by atoms with E-state index >= 15 is 0 Å². The Labute approximate surface area is 118 Å². The zero-order chi connectivity index (χ0) is 14.5. The number of hydrogen-bond acceptors (Lipinski definition) is 3. The van der Waals surface area contributed by atoms with E-state index in [1.165, 1.54) is 12.1 Å². The van der Waals surface area contributed by atoms with E-state index in [4.69, 9.17) is 26.0 Å². The molecule has 102 valence electrons. The molecule has 0 fully saturated rings. The van der Waals surface area contributed by atoms with Crippen molar-refractivity contribution in [3.05, 3.63) is 34.9 Å². The Hall–Kier alpha value is -1.16. The molecule has 8 heteroatoms. The summed E-state index contributed by atoms with van der Waals surface area (Å²) in [4.78, 5) is 24.0. The summed E-state index contributed by atoms with van der Waals surface area (Å²) in [6, 6.07) is 4.32. The molecular formula is C10H10ClCrF3O3. The van der Waals surface area contributed by atoms with Crippen LogP contribution in [0, 0.1) is 0 Å². The molecule has 1 aromatic rings. The van der Waals surface area contributed by atoms with Crippen molar-refractivity contribution in [3.8, 4) is 0 Å². The summed E-state index contributed by atoms with van der Waals surface area (Å²) < 4.78 is 35.6. The van der Waals surface area contributed by atoms with Crippen LogP contribution in [0.25, 0.3) is 0 Å². The van der Waals surface area contributed by atoms with Crippen molar-refractivity contribution in [3.63, 3.8) is 0 Å². The molecule has 0 amide bonds. The summed E-state index contributed by atoms with van der Waals surface area (Å²) in [6.45, 7) is 6.00. The van der Waals surface area contributed by atoms with Crippen LogP contribution in [0.3, 0.4) is 0 Å². The molecular weight excluding hydrogens is 313 g/mol. The van der Waals surface area contributed by atoms with Crippen molar-refractivity contribution < 1.29 is 44.9 Å². The number of alkyl halides is 3. The zero-order valence-corrected chi connectivity index (χ0v) is 11.1. The van der Waals surface area contributed by atoms with Gasteiger partial charge in [0.05, 0.1) is 5.56 Å². The average molecular weight is 323 g/mol. The first-order valence-electron chi connectivity index (χ1n) is 3.69. The van der Waals surface area contributed by atoms with Crippen LogP contribution >= 0.6 is 11.6 Å². The van der Waals surface area contributed by atoms with E-state index in [9.17, 15) is 13.2 Å². The second-order valence-electron chi connectivity index (χ2n) is 2.00. The standard InChI is InChI=1S/C7H4ClF3.3CH2O.Cr/c8-6-3-1-5(2-4-6)7(9,10)11;3*1-2;/h1-4H;3*1H2;. The normalized spacial score (nSPS) is 7.78. The summed E-state index contributed by atoms with van der Waals surface area (Å²) in [7, 11) is 0. The van der Waals surface area contributed by atoms with E-state index in [0.29, 0.717) is 5.02 Å². The third-order valence-electron chi connectivity index (χ3n) is 1.17. The Morgan fingerprint density at radius 1 is 0.833 bits per heavy atom. The summed E-state index contributed by atoms with van der Waals surface area (Å²) in [5, 5.41) is 0.304. The van der Waals surface area contributed by atoms with Gasteiger partial charge in [-0.05, 0) is 24.3 Å². The summed E-state index contributed by atoms with van der Waals surface area (Å²) in [5.41, 5.74) is -0.679. The predicted molar refractivity (Wildman–Crippen MR) is 57.8 cm³/mol. The number of carbonyl (C=O) groups is 3. The van der Waals surface area contributed by atoms with E-state index < -0.39 is 11.7 Å². The molecule has 0 aliphatic heterocycles. The zero-order valence-electron chi connectivity index (χ0n) is 9.08. The molecule has 1 rings (SSSR count). The largest absolute Gasteiger partial charge is 0.416 e. The maximum absolute atomic E-state index is 11.9. The Kier molecular flexibility index (Phi) is 22.6. The topological polar surface area (TPSA) is 51.2 Å². The maximum Gasteiger partial charge on any atom is 0.416 e. The monoisotopic (exact) mass is 322 g/mol. The number of hydrogen-bond donors (Lipinski definition) is 0. The molecule has 3 nitrogen and oxygen atoms in total. The van der Waals surface area contributed by atoms with E-state index in [1.807, 2.05) is 20.4 Å². The second-order valence-corrected chi connectivity index (χ2v) is 2.44. The van der Waals surface area contributed by atoms with Gasteiger partial charge in [0.2, 0.25) is 0 Å². The Morgan fingerprint density at radius 3 is 1.33 bits per heavy atom. The number of benzene rings is 1. The van der Waals surface area contributed by atoms with Gasteiger partial charge < -0.3 is 14.4 Å². The minimum atomic E-state index is -4.27. The third-order valence-corrected chi connectivity index (χ3v) is 1.42. The van der Waals surface area contributed by atoms with Gasteiger partial charge in [0.1, 0.15) is 20.4 Å². The van der Waals surface area contributed by atoms with Crippen LogP contribution in [-0.4, -0.2) is 20.4 Å². The molecule has 1 aromatic carbocycles. The maximum atomic E-state index is 11.9. The summed E-state index contributed by atoms with van der Waals surface area (Å²) in [6.07, 6.45) is -4.27. The van der Waals surface area contributed by atoms with E-state index in [-0.39, 0.29) is 17.4 Å². The Balaban J connectivity index is -0.000000123.